The summed E-state index contributed by atoms with van der Waals surface area (Å²) in [6.45, 7) is 2.70. The Morgan fingerprint density at radius 1 is 0.943 bits per heavy atom. The molecule has 0 fully saturated rings. The van der Waals surface area contributed by atoms with E-state index < -0.39 is 0 Å². The van der Waals surface area contributed by atoms with Crippen molar-refractivity contribution in [1.82, 2.24) is 9.55 Å². The summed E-state index contributed by atoms with van der Waals surface area (Å²) in [6, 6.07) is 26.9. The molecule has 35 heavy (non-hydrogen) atoms. The van der Waals surface area contributed by atoms with E-state index in [2.05, 4.69) is 10.3 Å². The van der Waals surface area contributed by atoms with Crippen LogP contribution in [0.1, 0.15) is 26.4 Å². The number of aryl methyl sites for hydroxylation is 1. The van der Waals surface area contributed by atoms with Crippen LogP contribution in [0.15, 0.2) is 96.1 Å². The highest BCUT2D eigenvalue weighted by Crippen LogP contribution is 2.28. The van der Waals surface area contributed by atoms with Crippen molar-refractivity contribution in [2.45, 2.75) is 20.1 Å². The fourth-order valence-corrected chi connectivity index (χ4v) is 4.87. The second kappa shape index (κ2) is 9.95. The molecule has 0 radical (unpaired) electrons. The molecule has 0 spiro atoms. The lowest BCUT2D eigenvalue weighted by molar-refractivity contribution is 0.103. The Labute approximate surface area is 206 Å². The van der Waals surface area contributed by atoms with Gasteiger partial charge in [-0.25, -0.2) is 4.98 Å². The molecule has 0 bridgehead atoms. The van der Waals surface area contributed by atoms with Gasteiger partial charge in [-0.3, -0.25) is 14.2 Å². The largest absolute Gasteiger partial charge is 0.489 e. The molecule has 5 rings (SSSR count). The van der Waals surface area contributed by atoms with Crippen molar-refractivity contribution in [3.8, 4) is 5.75 Å². The summed E-state index contributed by atoms with van der Waals surface area (Å²) >= 11 is 1.23. The zero-order valence-corrected chi connectivity index (χ0v) is 19.9. The molecule has 1 amide bonds. The van der Waals surface area contributed by atoms with Gasteiger partial charge in [0.1, 0.15) is 17.2 Å². The zero-order valence-electron chi connectivity index (χ0n) is 19.1. The third-order valence-electron chi connectivity index (χ3n) is 5.68. The molecule has 2 heterocycles. The quantitative estimate of drug-likeness (QED) is 0.326. The number of nitrogens with zero attached hydrogens (tertiary/aromatic N) is 2. The molecular weight excluding hydrogens is 458 g/mol. The first-order chi connectivity index (χ1) is 17.1. The van der Waals surface area contributed by atoms with Crippen molar-refractivity contribution < 1.29 is 9.53 Å². The van der Waals surface area contributed by atoms with Crippen LogP contribution < -0.4 is 15.6 Å². The van der Waals surface area contributed by atoms with Crippen LogP contribution in [0.2, 0.25) is 0 Å². The molecule has 3 aromatic carbocycles. The lowest BCUT2D eigenvalue weighted by Crippen LogP contribution is -2.21. The smallest absolute Gasteiger partial charge is 0.266 e. The third kappa shape index (κ3) is 5.00. The summed E-state index contributed by atoms with van der Waals surface area (Å²) in [6.07, 6.45) is 1.55. The van der Waals surface area contributed by atoms with E-state index in [0.717, 1.165) is 11.1 Å². The minimum atomic E-state index is -0.266. The number of anilines is 1. The molecule has 0 unspecified atom stereocenters. The molecule has 0 atom stereocenters. The van der Waals surface area contributed by atoms with Crippen LogP contribution >= 0.6 is 11.3 Å². The molecule has 0 aliphatic carbocycles. The van der Waals surface area contributed by atoms with E-state index in [1.54, 1.807) is 30.0 Å². The number of nitrogens with one attached hydrogen (secondary N) is 1. The average Bonchev–Trinajstić information content (AvgIpc) is 3.23. The lowest BCUT2D eigenvalue weighted by Gasteiger charge is -2.08. The number of aromatic nitrogens is 2. The van der Waals surface area contributed by atoms with Gasteiger partial charge in [-0.1, -0.05) is 60.7 Å². The molecule has 2 aromatic heterocycles. The summed E-state index contributed by atoms with van der Waals surface area (Å²) < 4.78 is 7.38. The molecule has 174 valence electrons. The van der Waals surface area contributed by atoms with Gasteiger partial charge in [-0.05, 0) is 47.9 Å². The minimum Gasteiger partial charge on any atom is -0.489 e. The van der Waals surface area contributed by atoms with E-state index >= 15 is 0 Å². The first-order valence-corrected chi connectivity index (χ1v) is 12.0. The highest BCUT2D eigenvalue weighted by atomic mass is 32.1. The van der Waals surface area contributed by atoms with Crippen LogP contribution in [0.5, 0.6) is 5.75 Å². The van der Waals surface area contributed by atoms with Crippen LogP contribution in [0.4, 0.5) is 5.69 Å². The van der Waals surface area contributed by atoms with Gasteiger partial charge in [-0.2, -0.15) is 0 Å². The van der Waals surface area contributed by atoms with E-state index in [9.17, 15) is 9.59 Å². The standard InChI is InChI=1S/C28H23N3O3S/c1-19-24-27(29-18-31(28(24)33)16-20-8-4-2-5-9-20)35-25(19)26(32)30-22-12-14-23(15-13-22)34-17-21-10-6-3-7-11-21/h2-15,18H,16-17H2,1H3,(H,30,32). The van der Waals surface area contributed by atoms with Gasteiger partial charge in [0.25, 0.3) is 11.5 Å². The van der Waals surface area contributed by atoms with Gasteiger partial charge in [0.05, 0.1) is 23.1 Å². The van der Waals surface area contributed by atoms with Crippen molar-refractivity contribution in [3.05, 3.63) is 123 Å². The van der Waals surface area contributed by atoms with Crippen molar-refractivity contribution in [3.63, 3.8) is 0 Å². The van der Waals surface area contributed by atoms with Crippen LogP contribution in [-0.4, -0.2) is 15.5 Å². The van der Waals surface area contributed by atoms with Gasteiger partial charge in [-0.15, -0.1) is 11.3 Å². The summed E-state index contributed by atoms with van der Waals surface area (Å²) in [5.41, 5.74) is 3.24. The van der Waals surface area contributed by atoms with Crippen molar-refractivity contribution in [1.29, 1.82) is 0 Å². The van der Waals surface area contributed by atoms with E-state index in [1.165, 1.54) is 11.3 Å². The molecule has 1 N–H and O–H groups in total. The summed E-state index contributed by atoms with van der Waals surface area (Å²) in [5.74, 6) is 0.450. The van der Waals surface area contributed by atoms with Gasteiger partial charge in [0.15, 0.2) is 0 Å². The van der Waals surface area contributed by atoms with Crippen molar-refractivity contribution >= 4 is 33.1 Å². The first-order valence-electron chi connectivity index (χ1n) is 11.2. The van der Waals surface area contributed by atoms with E-state index in [4.69, 9.17) is 4.74 Å². The normalized spacial score (nSPS) is 10.9. The number of carbonyl (C=O) groups is 1. The second-order valence-electron chi connectivity index (χ2n) is 8.15. The molecule has 0 saturated carbocycles. The molecular formula is C28H23N3O3S. The Hall–Kier alpha value is -4.23. The maximum atomic E-state index is 13.1. The van der Waals surface area contributed by atoms with Gasteiger partial charge >= 0.3 is 0 Å². The van der Waals surface area contributed by atoms with Crippen LogP contribution in [-0.2, 0) is 13.2 Å². The molecule has 0 saturated heterocycles. The second-order valence-corrected chi connectivity index (χ2v) is 9.15. The Morgan fingerprint density at radius 2 is 1.60 bits per heavy atom. The number of hydrogen-bond donors (Lipinski definition) is 1. The number of fused-ring (bicyclic) bond motifs is 1. The van der Waals surface area contributed by atoms with Crippen LogP contribution in [0.3, 0.4) is 0 Å². The Morgan fingerprint density at radius 3 is 2.29 bits per heavy atom. The van der Waals surface area contributed by atoms with Gasteiger partial charge < -0.3 is 10.1 Å². The average molecular weight is 482 g/mol. The number of carbonyl (C=O) groups excluding carboxylic acids is 1. The minimum absolute atomic E-state index is 0.147. The third-order valence-corrected chi connectivity index (χ3v) is 6.88. The molecule has 0 aliphatic rings. The Bertz CT molecular complexity index is 1530. The van der Waals surface area contributed by atoms with E-state index in [0.29, 0.717) is 45.2 Å². The van der Waals surface area contributed by atoms with Gasteiger partial charge in [0.2, 0.25) is 0 Å². The number of amides is 1. The summed E-state index contributed by atoms with van der Waals surface area (Å²) in [4.78, 5) is 31.6. The maximum Gasteiger partial charge on any atom is 0.266 e. The number of thiophene rings is 1. The van der Waals surface area contributed by atoms with Gasteiger partial charge in [0, 0.05) is 5.69 Å². The molecule has 6 nitrogen and oxygen atoms in total. The topological polar surface area (TPSA) is 73.2 Å². The zero-order chi connectivity index (χ0) is 24.2. The summed E-state index contributed by atoms with van der Waals surface area (Å²) in [7, 11) is 0. The number of ether oxygens (including phenoxy) is 1. The lowest BCUT2D eigenvalue weighted by atomic mass is 10.2. The fraction of sp³-hybridized carbons (Fsp3) is 0.107. The SMILES string of the molecule is Cc1c(C(=O)Nc2ccc(OCc3ccccc3)cc2)sc2ncn(Cc3ccccc3)c(=O)c12. The number of benzene rings is 3. The Balaban J connectivity index is 1.31. The van der Waals surface area contributed by atoms with Crippen LogP contribution in [0.25, 0.3) is 10.2 Å². The highest BCUT2D eigenvalue weighted by molar-refractivity contribution is 7.20. The van der Waals surface area contributed by atoms with Crippen molar-refractivity contribution in [2.75, 3.05) is 5.32 Å². The van der Waals surface area contributed by atoms with E-state index in [-0.39, 0.29) is 11.5 Å². The Kier molecular flexibility index (Phi) is 6.41. The molecule has 7 heteroatoms. The number of rotatable bonds is 7. The maximum absolute atomic E-state index is 13.1. The predicted molar refractivity (Wildman–Crippen MR) is 139 cm³/mol. The summed E-state index contributed by atoms with van der Waals surface area (Å²) in [5, 5.41) is 3.40. The fourth-order valence-electron chi connectivity index (χ4n) is 3.83. The molecule has 0 aliphatic heterocycles. The van der Waals surface area contributed by atoms with Crippen LogP contribution in [0, 0.1) is 6.92 Å². The molecule has 5 aromatic rings. The van der Waals surface area contributed by atoms with Crippen molar-refractivity contribution in [2.24, 2.45) is 0 Å². The predicted octanol–water partition coefficient (Wildman–Crippen LogP) is 5.65. The highest BCUT2D eigenvalue weighted by Gasteiger charge is 2.19. The van der Waals surface area contributed by atoms with E-state index in [1.807, 2.05) is 72.8 Å². The first kappa shape index (κ1) is 22.6. The monoisotopic (exact) mass is 481 g/mol. The number of hydrogen-bond acceptors (Lipinski definition) is 5.